The number of nitrogens with one attached hydrogen (secondary N) is 1. The second-order valence-corrected chi connectivity index (χ2v) is 6.26. The van der Waals surface area contributed by atoms with Gasteiger partial charge in [0.05, 0.1) is 28.2 Å². The molecule has 0 spiro atoms. The molecule has 0 aliphatic carbocycles. The Balaban J connectivity index is 1.80. The van der Waals surface area contributed by atoms with Crippen LogP contribution in [0, 0.1) is 11.3 Å². The number of aromatic nitrogens is 2. The molecule has 0 atom stereocenters. The minimum atomic E-state index is -0.818. The number of esters is 1. The molecule has 0 fully saturated rings. The highest BCUT2D eigenvalue weighted by atomic mass is 35.5. The first-order chi connectivity index (χ1) is 13.9. The first kappa shape index (κ1) is 20.0. The van der Waals surface area contributed by atoms with Gasteiger partial charge in [-0.3, -0.25) is 0 Å². The van der Waals surface area contributed by atoms with Crippen molar-refractivity contribution in [3.05, 3.63) is 58.6 Å². The Kier molecular flexibility index (Phi) is 5.90. The summed E-state index contributed by atoms with van der Waals surface area (Å²) in [5.74, 6) is -1.37. The van der Waals surface area contributed by atoms with Crippen molar-refractivity contribution < 1.29 is 24.5 Å². The lowest BCUT2D eigenvalue weighted by molar-refractivity contribution is 0.0502. The van der Waals surface area contributed by atoms with Gasteiger partial charge in [-0.15, -0.1) is 0 Å². The van der Waals surface area contributed by atoms with E-state index in [1.54, 1.807) is 31.2 Å². The number of carbonyl (C=O) groups is 1. The van der Waals surface area contributed by atoms with Gasteiger partial charge in [0, 0.05) is 0 Å². The number of hydrogen-bond donors (Lipinski definition) is 3. The number of aromatic hydroxyl groups is 1. The number of para-hydroxylation sites is 2. The van der Waals surface area contributed by atoms with E-state index in [1.165, 1.54) is 12.1 Å². The minimum absolute atomic E-state index is 0.0197. The van der Waals surface area contributed by atoms with Gasteiger partial charge in [-0.1, -0.05) is 23.7 Å². The van der Waals surface area contributed by atoms with Crippen LogP contribution < -0.4 is 4.74 Å². The summed E-state index contributed by atoms with van der Waals surface area (Å²) in [6.45, 7) is 1.42. The van der Waals surface area contributed by atoms with Gasteiger partial charge in [0.2, 0.25) is 0 Å². The zero-order valence-corrected chi connectivity index (χ0v) is 16.0. The van der Waals surface area contributed by atoms with E-state index >= 15 is 0 Å². The molecule has 3 N–H and O–H groups in total. The lowest BCUT2D eigenvalue weighted by Gasteiger charge is -2.10. The molecule has 3 rings (SSSR count). The number of aliphatic hydroxyl groups excluding tert-OH is 1. The molecule has 0 saturated heterocycles. The van der Waals surface area contributed by atoms with Gasteiger partial charge in [-0.05, 0) is 31.2 Å². The summed E-state index contributed by atoms with van der Waals surface area (Å²) in [6.07, 6.45) is 0. The van der Waals surface area contributed by atoms with Crippen LogP contribution in [0.1, 0.15) is 23.1 Å². The molecule has 0 saturated carbocycles. The normalized spacial score (nSPS) is 11.6. The third kappa shape index (κ3) is 4.25. The number of aliphatic hydroxyl groups is 1. The fourth-order valence-electron chi connectivity index (χ4n) is 2.57. The summed E-state index contributed by atoms with van der Waals surface area (Å²) in [7, 11) is 0. The van der Waals surface area contributed by atoms with E-state index in [2.05, 4.69) is 9.97 Å². The van der Waals surface area contributed by atoms with Crippen molar-refractivity contribution in [2.24, 2.45) is 0 Å². The molecule has 29 heavy (non-hydrogen) atoms. The van der Waals surface area contributed by atoms with E-state index in [9.17, 15) is 20.3 Å². The monoisotopic (exact) mass is 413 g/mol. The van der Waals surface area contributed by atoms with Crippen LogP contribution in [0.2, 0.25) is 5.02 Å². The lowest BCUT2D eigenvalue weighted by atomic mass is 10.2. The quantitative estimate of drug-likeness (QED) is 0.317. The third-order valence-corrected chi connectivity index (χ3v) is 4.22. The van der Waals surface area contributed by atoms with Crippen molar-refractivity contribution in [2.45, 2.75) is 6.92 Å². The molecule has 0 bridgehead atoms. The molecule has 9 heteroatoms. The zero-order valence-electron chi connectivity index (χ0n) is 15.3. The number of aromatic amines is 1. The van der Waals surface area contributed by atoms with Crippen molar-refractivity contribution in [1.29, 1.82) is 5.26 Å². The van der Waals surface area contributed by atoms with Crippen LogP contribution in [0.25, 0.3) is 16.6 Å². The molecular formula is C20H16ClN3O5. The summed E-state index contributed by atoms with van der Waals surface area (Å²) in [6, 6.07) is 11.5. The number of H-pyrrole nitrogens is 1. The van der Waals surface area contributed by atoms with E-state index in [4.69, 9.17) is 21.1 Å². The van der Waals surface area contributed by atoms with Crippen LogP contribution in [0.5, 0.6) is 11.5 Å². The largest absolute Gasteiger partial charge is 0.507 e. The molecule has 1 heterocycles. The van der Waals surface area contributed by atoms with Gasteiger partial charge in [0.1, 0.15) is 18.2 Å². The Morgan fingerprint density at radius 3 is 2.79 bits per heavy atom. The Labute approximate surface area is 170 Å². The summed E-state index contributed by atoms with van der Waals surface area (Å²) in [4.78, 5) is 19.5. The van der Waals surface area contributed by atoms with Crippen LogP contribution in [-0.2, 0) is 4.74 Å². The van der Waals surface area contributed by atoms with Gasteiger partial charge in [-0.2, -0.15) is 5.26 Å². The molecule has 0 unspecified atom stereocenters. The van der Waals surface area contributed by atoms with E-state index in [0.717, 1.165) is 0 Å². The van der Waals surface area contributed by atoms with E-state index < -0.39 is 18.3 Å². The van der Waals surface area contributed by atoms with Crippen molar-refractivity contribution >= 4 is 34.2 Å². The number of phenolic OH excluding ortho intramolecular Hbond substituents is 1. The van der Waals surface area contributed by atoms with Gasteiger partial charge < -0.3 is 24.7 Å². The smallest absolute Gasteiger partial charge is 0.338 e. The molecule has 0 aliphatic heterocycles. The van der Waals surface area contributed by atoms with Gasteiger partial charge in [0.15, 0.2) is 23.1 Å². The molecule has 148 valence electrons. The molecule has 1 aromatic heterocycles. The molecule has 0 radical (unpaired) electrons. The maximum absolute atomic E-state index is 12.3. The van der Waals surface area contributed by atoms with Crippen LogP contribution in [0.4, 0.5) is 0 Å². The average Bonchev–Trinajstić information content (AvgIpc) is 3.13. The number of nitriles is 1. The molecule has 3 aromatic rings. The molecule has 0 amide bonds. The summed E-state index contributed by atoms with van der Waals surface area (Å²) in [5.41, 5.74) is 1.20. The SMILES string of the molecule is CCOc1cc(C(=O)OC/C(O)=C(\C#N)c2nc3ccccc3[nH]2)cc(Cl)c1O. The highest BCUT2D eigenvalue weighted by Gasteiger charge is 2.18. The highest BCUT2D eigenvalue weighted by Crippen LogP contribution is 2.35. The van der Waals surface area contributed by atoms with Gasteiger partial charge >= 0.3 is 5.97 Å². The van der Waals surface area contributed by atoms with Gasteiger partial charge in [0.25, 0.3) is 0 Å². The van der Waals surface area contributed by atoms with Crippen molar-refractivity contribution in [2.75, 3.05) is 13.2 Å². The van der Waals surface area contributed by atoms with Crippen molar-refractivity contribution in [3.63, 3.8) is 0 Å². The standard InChI is InChI=1S/C20H16ClN3O5/c1-2-28-17-8-11(7-13(21)18(17)26)20(27)29-10-16(25)12(9-22)19-23-14-5-3-4-6-15(14)24-19/h3-8,25-26H,2,10H2,1H3,(H,23,24)/b16-12-. The fraction of sp³-hybridized carbons (Fsp3) is 0.150. The van der Waals surface area contributed by atoms with Crippen molar-refractivity contribution in [1.82, 2.24) is 9.97 Å². The average molecular weight is 414 g/mol. The van der Waals surface area contributed by atoms with Crippen LogP contribution in [-0.4, -0.2) is 39.4 Å². The molecule has 0 aliphatic rings. The van der Waals surface area contributed by atoms with E-state index in [0.29, 0.717) is 11.0 Å². The Morgan fingerprint density at radius 2 is 2.10 bits per heavy atom. The zero-order chi connectivity index (χ0) is 21.0. The number of carbonyl (C=O) groups excluding carboxylic acids is 1. The number of allylic oxidation sites excluding steroid dienone is 1. The number of halogens is 1. The second-order valence-electron chi connectivity index (χ2n) is 5.85. The molecule has 2 aromatic carbocycles. The predicted octanol–water partition coefficient (Wildman–Crippen LogP) is 3.97. The number of benzene rings is 2. The summed E-state index contributed by atoms with van der Waals surface area (Å²) >= 11 is 5.90. The number of rotatable bonds is 6. The maximum Gasteiger partial charge on any atom is 0.338 e. The summed E-state index contributed by atoms with van der Waals surface area (Å²) < 4.78 is 10.3. The second kappa shape index (κ2) is 8.54. The van der Waals surface area contributed by atoms with Crippen LogP contribution >= 0.6 is 11.6 Å². The number of fused-ring (bicyclic) bond motifs is 1. The van der Waals surface area contributed by atoms with Crippen LogP contribution in [0.15, 0.2) is 42.2 Å². The van der Waals surface area contributed by atoms with Crippen molar-refractivity contribution in [3.8, 4) is 17.6 Å². The van der Waals surface area contributed by atoms with E-state index in [-0.39, 0.29) is 40.1 Å². The summed E-state index contributed by atoms with van der Waals surface area (Å²) in [5, 5.41) is 29.4. The third-order valence-electron chi connectivity index (χ3n) is 3.93. The molecular weight excluding hydrogens is 398 g/mol. The Hall–Kier alpha value is -3.70. The van der Waals surface area contributed by atoms with Crippen LogP contribution in [0.3, 0.4) is 0 Å². The number of phenols is 1. The fourth-order valence-corrected chi connectivity index (χ4v) is 2.78. The number of ether oxygens (including phenoxy) is 2. The topological polar surface area (TPSA) is 128 Å². The number of hydrogen-bond acceptors (Lipinski definition) is 7. The first-order valence-corrected chi connectivity index (χ1v) is 8.92. The Morgan fingerprint density at radius 1 is 1.34 bits per heavy atom. The predicted molar refractivity (Wildman–Crippen MR) is 106 cm³/mol. The minimum Gasteiger partial charge on any atom is -0.507 e. The maximum atomic E-state index is 12.3. The Bertz CT molecular complexity index is 1110. The molecule has 8 nitrogen and oxygen atoms in total. The number of imidazole rings is 1. The van der Waals surface area contributed by atoms with E-state index in [1.807, 2.05) is 6.07 Å². The first-order valence-electron chi connectivity index (χ1n) is 8.54. The lowest BCUT2D eigenvalue weighted by Crippen LogP contribution is -2.10. The number of nitrogens with zero attached hydrogens (tertiary/aromatic N) is 2. The van der Waals surface area contributed by atoms with Gasteiger partial charge in [-0.25, -0.2) is 9.78 Å². The highest BCUT2D eigenvalue weighted by molar-refractivity contribution is 6.32.